The second-order valence-corrected chi connectivity index (χ2v) is 6.15. The molecule has 1 fully saturated rings. The highest BCUT2D eigenvalue weighted by Crippen LogP contribution is 2.37. The molecule has 3 atom stereocenters. The molecule has 23 heavy (non-hydrogen) atoms. The molecular weight excluding hydrogens is 296 g/mol. The number of hydrogen-bond acceptors (Lipinski definition) is 5. The van der Waals surface area contributed by atoms with E-state index in [1.54, 1.807) is 12.6 Å². The van der Waals surface area contributed by atoms with E-state index in [-0.39, 0.29) is 23.8 Å². The van der Waals surface area contributed by atoms with Crippen LogP contribution in [0.4, 0.5) is 0 Å². The summed E-state index contributed by atoms with van der Waals surface area (Å²) >= 11 is 0. The van der Waals surface area contributed by atoms with Crippen molar-refractivity contribution in [3.63, 3.8) is 0 Å². The van der Waals surface area contributed by atoms with Gasteiger partial charge in [0.25, 0.3) is 0 Å². The van der Waals surface area contributed by atoms with E-state index in [0.717, 1.165) is 42.7 Å². The van der Waals surface area contributed by atoms with Crippen LogP contribution in [0.3, 0.4) is 0 Å². The van der Waals surface area contributed by atoms with Gasteiger partial charge in [-0.05, 0) is 42.7 Å². The first-order valence-corrected chi connectivity index (χ1v) is 8.04. The zero-order chi connectivity index (χ0) is 16.2. The molecule has 0 bridgehead atoms. The molecule has 6 heteroatoms. The van der Waals surface area contributed by atoms with Gasteiger partial charge in [-0.2, -0.15) is 0 Å². The molecule has 3 rings (SSSR count). The summed E-state index contributed by atoms with van der Waals surface area (Å²) in [6, 6.07) is 7.71. The summed E-state index contributed by atoms with van der Waals surface area (Å²) in [5, 5.41) is 13.2. The molecular formula is C17H22N2O4. The molecule has 2 N–H and O–H groups in total. The molecule has 3 unspecified atom stereocenters. The Bertz CT molecular complexity index is 585. The van der Waals surface area contributed by atoms with Gasteiger partial charge in [0.15, 0.2) is 0 Å². The van der Waals surface area contributed by atoms with Crippen LogP contribution in [0.25, 0.3) is 0 Å². The van der Waals surface area contributed by atoms with Crippen LogP contribution in [0.2, 0.25) is 0 Å². The van der Waals surface area contributed by atoms with E-state index in [4.69, 9.17) is 14.8 Å². The predicted molar refractivity (Wildman–Crippen MR) is 84.4 cm³/mol. The summed E-state index contributed by atoms with van der Waals surface area (Å²) in [5.41, 5.74) is 3.70. The summed E-state index contributed by atoms with van der Waals surface area (Å²) in [6.07, 6.45) is 4.38. The number of carbonyl (C=O) groups excluding carboxylic acids is 1. The number of amides is 1. The van der Waals surface area contributed by atoms with Gasteiger partial charge >= 0.3 is 0 Å². The van der Waals surface area contributed by atoms with Crippen molar-refractivity contribution in [1.82, 2.24) is 5.48 Å². The maximum Gasteiger partial charge on any atom is 0.246 e. The van der Waals surface area contributed by atoms with Gasteiger partial charge in [-0.15, -0.1) is 0 Å². The standard InChI is InChI=1S/C17H22N2O4/c1-22-12-8-6-11(7-9-12)15-10-16(23-19-15)13-4-2-3-5-14(13)17(20)18-21/h6-9,13-14,16,21H,2-5,10H2,1H3,(H,18,20). The molecule has 0 spiro atoms. The van der Waals surface area contributed by atoms with Crippen molar-refractivity contribution in [2.24, 2.45) is 17.0 Å². The van der Waals surface area contributed by atoms with Crippen LogP contribution in [0, 0.1) is 11.8 Å². The van der Waals surface area contributed by atoms with E-state index in [0.29, 0.717) is 6.42 Å². The number of benzene rings is 1. The third-order valence-corrected chi connectivity index (χ3v) is 4.86. The molecule has 0 aromatic heterocycles. The summed E-state index contributed by atoms with van der Waals surface area (Å²) in [7, 11) is 1.64. The molecule has 6 nitrogen and oxygen atoms in total. The molecule has 0 saturated heterocycles. The molecule has 1 heterocycles. The second kappa shape index (κ2) is 7.00. The average molecular weight is 318 g/mol. The highest BCUT2D eigenvalue weighted by Gasteiger charge is 2.40. The van der Waals surface area contributed by atoms with Crippen molar-refractivity contribution >= 4 is 11.6 Å². The quantitative estimate of drug-likeness (QED) is 0.660. The van der Waals surface area contributed by atoms with Crippen LogP contribution in [-0.4, -0.2) is 30.0 Å². The van der Waals surface area contributed by atoms with Crippen molar-refractivity contribution in [2.45, 2.75) is 38.2 Å². The Morgan fingerprint density at radius 2 is 2.04 bits per heavy atom. The van der Waals surface area contributed by atoms with Crippen LogP contribution in [0.1, 0.15) is 37.7 Å². The van der Waals surface area contributed by atoms with Gasteiger partial charge in [0.05, 0.1) is 12.8 Å². The molecule has 1 aromatic carbocycles. The van der Waals surface area contributed by atoms with E-state index < -0.39 is 0 Å². The maximum atomic E-state index is 11.9. The third kappa shape index (κ3) is 3.32. The smallest absolute Gasteiger partial charge is 0.246 e. The van der Waals surface area contributed by atoms with Gasteiger partial charge in [-0.3, -0.25) is 10.0 Å². The molecule has 1 aliphatic carbocycles. The zero-order valence-corrected chi connectivity index (χ0v) is 13.2. The lowest BCUT2D eigenvalue weighted by Gasteiger charge is -2.32. The Morgan fingerprint density at radius 3 is 2.74 bits per heavy atom. The summed E-state index contributed by atoms with van der Waals surface area (Å²) < 4.78 is 5.16. The minimum Gasteiger partial charge on any atom is -0.497 e. The largest absolute Gasteiger partial charge is 0.497 e. The van der Waals surface area contributed by atoms with Crippen LogP contribution in [-0.2, 0) is 9.63 Å². The van der Waals surface area contributed by atoms with Crippen molar-refractivity contribution in [1.29, 1.82) is 0 Å². The van der Waals surface area contributed by atoms with E-state index in [2.05, 4.69) is 5.16 Å². The number of ether oxygens (including phenoxy) is 1. The Labute approximate surface area is 135 Å². The monoisotopic (exact) mass is 318 g/mol. The summed E-state index contributed by atoms with van der Waals surface area (Å²) in [6.45, 7) is 0. The molecule has 1 aliphatic heterocycles. The molecule has 0 radical (unpaired) electrons. The SMILES string of the molecule is COc1ccc(C2=NOC(C3CCCCC3C(=O)NO)C2)cc1. The first-order chi connectivity index (χ1) is 11.2. The van der Waals surface area contributed by atoms with Gasteiger partial charge in [-0.1, -0.05) is 18.0 Å². The lowest BCUT2D eigenvalue weighted by atomic mass is 9.74. The third-order valence-electron chi connectivity index (χ3n) is 4.86. The van der Waals surface area contributed by atoms with Crippen molar-refractivity contribution in [3.05, 3.63) is 29.8 Å². The van der Waals surface area contributed by atoms with Crippen LogP contribution >= 0.6 is 0 Å². The number of rotatable bonds is 4. The zero-order valence-electron chi connectivity index (χ0n) is 13.2. The average Bonchev–Trinajstić information content (AvgIpc) is 3.11. The van der Waals surface area contributed by atoms with Crippen LogP contribution in [0.15, 0.2) is 29.4 Å². The number of nitrogens with one attached hydrogen (secondary N) is 1. The molecule has 1 amide bonds. The number of hydrogen-bond donors (Lipinski definition) is 2. The lowest BCUT2D eigenvalue weighted by Crippen LogP contribution is -2.40. The van der Waals surface area contributed by atoms with E-state index in [9.17, 15) is 4.79 Å². The fourth-order valence-corrected chi connectivity index (χ4v) is 3.59. The summed E-state index contributed by atoms with van der Waals surface area (Å²) in [4.78, 5) is 17.5. The lowest BCUT2D eigenvalue weighted by molar-refractivity contribution is -0.139. The van der Waals surface area contributed by atoms with E-state index >= 15 is 0 Å². The topological polar surface area (TPSA) is 80.2 Å². The second-order valence-electron chi connectivity index (χ2n) is 6.15. The van der Waals surface area contributed by atoms with Gasteiger partial charge in [0.2, 0.25) is 5.91 Å². The number of methoxy groups -OCH3 is 1. The van der Waals surface area contributed by atoms with Gasteiger partial charge in [0, 0.05) is 18.3 Å². The first-order valence-electron chi connectivity index (χ1n) is 8.04. The number of carbonyl (C=O) groups is 1. The van der Waals surface area contributed by atoms with Gasteiger partial charge in [-0.25, -0.2) is 5.48 Å². The Morgan fingerprint density at radius 1 is 1.30 bits per heavy atom. The number of hydroxylamine groups is 1. The normalized spacial score (nSPS) is 27.0. The fourth-order valence-electron chi connectivity index (χ4n) is 3.59. The Balaban J connectivity index is 1.68. The van der Waals surface area contributed by atoms with Crippen molar-refractivity contribution in [3.8, 4) is 5.75 Å². The molecule has 1 saturated carbocycles. The van der Waals surface area contributed by atoms with Crippen molar-refractivity contribution in [2.75, 3.05) is 7.11 Å². The molecule has 2 aliphatic rings. The Hall–Kier alpha value is -2.08. The van der Waals surface area contributed by atoms with Gasteiger partial charge < -0.3 is 9.57 Å². The highest BCUT2D eigenvalue weighted by molar-refractivity contribution is 6.01. The number of oxime groups is 1. The fraction of sp³-hybridized carbons (Fsp3) is 0.529. The highest BCUT2D eigenvalue weighted by atomic mass is 16.6. The van der Waals surface area contributed by atoms with Crippen molar-refractivity contribution < 1.29 is 19.6 Å². The summed E-state index contributed by atoms with van der Waals surface area (Å²) in [5.74, 6) is 0.382. The predicted octanol–water partition coefficient (Wildman–Crippen LogP) is 2.50. The van der Waals surface area contributed by atoms with E-state index in [1.165, 1.54) is 0 Å². The van der Waals surface area contributed by atoms with E-state index in [1.807, 2.05) is 24.3 Å². The minimum absolute atomic E-state index is 0.0930. The minimum atomic E-state index is -0.309. The molecule has 1 aromatic rings. The van der Waals surface area contributed by atoms with Gasteiger partial charge in [0.1, 0.15) is 11.9 Å². The Kier molecular flexibility index (Phi) is 4.81. The molecule has 124 valence electrons. The number of nitrogens with zero attached hydrogens (tertiary/aromatic N) is 1. The first kappa shape index (κ1) is 15.8. The van der Waals surface area contributed by atoms with Crippen LogP contribution < -0.4 is 10.2 Å². The van der Waals surface area contributed by atoms with Crippen LogP contribution in [0.5, 0.6) is 5.75 Å². The maximum absolute atomic E-state index is 11.9.